The molecule has 0 aliphatic rings. The van der Waals surface area contributed by atoms with Crippen LogP contribution in [0.15, 0.2) is 41.3 Å². The molecule has 2 rings (SSSR count). The van der Waals surface area contributed by atoms with Crippen LogP contribution in [0, 0.1) is 6.92 Å². The number of hydrogen-bond acceptors (Lipinski definition) is 6. The number of phenolic OH excluding ortho intramolecular Hbond substituents is 1. The number of unbranched alkanes of at least 4 members (excludes halogenated alkanes) is 1. The van der Waals surface area contributed by atoms with Gasteiger partial charge in [0.2, 0.25) is 0 Å². The number of ether oxygens (including phenoxy) is 1. The molecule has 0 heterocycles. The van der Waals surface area contributed by atoms with Gasteiger partial charge in [0.1, 0.15) is 16.4 Å². The van der Waals surface area contributed by atoms with Crippen molar-refractivity contribution < 1.29 is 27.2 Å². The summed E-state index contributed by atoms with van der Waals surface area (Å²) in [6.45, 7) is 5.77. The molecule has 2 aromatic carbocycles. The predicted octanol–water partition coefficient (Wildman–Crippen LogP) is 4.61. The highest BCUT2D eigenvalue weighted by atomic mass is 32.2. The van der Waals surface area contributed by atoms with E-state index >= 15 is 0 Å². The number of benzene rings is 2. The molecule has 0 saturated carbocycles. The second-order valence-electron chi connectivity index (χ2n) is 6.94. The second-order valence-corrected chi connectivity index (χ2v) is 8.48. The molecule has 0 spiro atoms. The third kappa shape index (κ3) is 5.58. The van der Waals surface area contributed by atoms with Crippen LogP contribution in [0.3, 0.4) is 0 Å². The fourth-order valence-corrected chi connectivity index (χ4v) is 4.27. The standard InChI is InChI=1S/C22H28O6S/c1-5-7-8-17(6-2)28-29(25,26)21-13-18(19(23)14-20(21)27-4)22(24)16-11-9-15(3)10-12-16/h9-14,17,23H,5-8H2,1-4H3. The van der Waals surface area contributed by atoms with Gasteiger partial charge in [0, 0.05) is 11.6 Å². The molecule has 6 nitrogen and oxygen atoms in total. The van der Waals surface area contributed by atoms with E-state index in [-0.39, 0.29) is 22.0 Å². The van der Waals surface area contributed by atoms with Crippen LogP contribution in [0.1, 0.15) is 61.0 Å². The molecule has 2 aromatic rings. The average molecular weight is 421 g/mol. The number of carbonyl (C=O) groups is 1. The van der Waals surface area contributed by atoms with E-state index in [1.807, 2.05) is 20.8 Å². The van der Waals surface area contributed by atoms with E-state index < -0.39 is 22.0 Å². The minimum absolute atomic E-state index is 0.0756. The van der Waals surface area contributed by atoms with Crippen molar-refractivity contribution in [2.24, 2.45) is 0 Å². The van der Waals surface area contributed by atoms with Gasteiger partial charge in [-0.3, -0.25) is 8.98 Å². The number of aromatic hydroxyl groups is 1. The summed E-state index contributed by atoms with van der Waals surface area (Å²) in [4.78, 5) is 12.6. The molecule has 1 atom stereocenters. The maximum atomic E-state index is 12.9. The van der Waals surface area contributed by atoms with Gasteiger partial charge in [-0.25, -0.2) is 0 Å². The summed E-state index contributed by atoms with van der Waals surface area (Å²) in [5.41, 5.74) is 1.20. The molecule has 0 aliphatic heterocycles. The summed E-state index contributed by atoms with van der Waals surface area (Å²) in [5.74, 6) is -0.919. The Hall–Kier alpha value is -2.38. The van der Waals surface area contributed by atoms with Gasteiger partial charge in [-0.1, -0.05) is 56.5 Å². The van der Waals surface area contributed by atoms with Crippen molar-refractivity contribution >= 4 is 15.9 Å². The predicted molar refractivity (Wildman–Crippen MR) is 111 cm³/mol. The number of ketones is 1. The zero-order chi connectivity index (χ0) is 21.6. The lowest BCUT2D eigenvalue weighted by Gasteiger charge is -2.18. The summed E-state index contributed by atoms with van der Waals surface area (Å²) in [7, 11) is -2.90. The Morgan fingerprint density at radius 2 is 1.79 bits per heavy atom. The number of hydrogen-bond donors (Lipinski definition) is 1. The first-order valence-electron chi connectivity index (χ1n) is 9.69. The summed E-state index contributed by atoms with van der Waals surface area (Å²) >= 11 is 0. The van der Waals surface area contributed by atoms with Gasteiger partial charge in [0.05, 0.1) is 18.8 Å². The van der Waals surface area contributed by atoms with E-state index in [2.05, 4.69) is 0 Å². The van der Waals surface area contributed by atoms with Gasteiger partial charge < -0.3 is 9.84 Å². The first kappa shape index (κ1) is 22.9. The number of phenols is 1. The van der Waals surface area contributed by atoms with Gasteiger partial charge in [0.15, 0.2) is 5.78 Å². The lowest BCUT2D eigenvalue weighted by Crippen LogP contribution is -2.19. The fourth-order valence-electron chi connectivity index (χ4n) is 2.93. The third-order valence-corrected chi connectivity index (χ3v) is 6.09. The van der Waals surface area contributed by atoms with Gasteiger partial charge in [-0.05, 0) is 25.8 Å². The van der Waals surface area contributed by atoms with Gasteiger partial charge in [-0.2, -0.15) is 8.42 Å². The Morgan fingerprint density at radius 3 is 2.34 bits per heavy atom. The van der Waals surface area contributed by atoms with Crippen LogP contribution in [0.5, 0.6) is 11.5 Å². The lowest BCUT2D eigenvalue weighted by atomic mass is 10.0. The Labute approximate surface area is 172 Å². The van der Waals surface area contributed by atoms with Crippen molar-refractivity contribution in [1.29, 1.82) is 0 Å². The van der Waals surface area contributed by atoms with Crippen molar-refractivity contribution in [3.05, 3.63) is 53.1 Å². The molecule has 0 aromatic heterocycles. The van der Waals surface area contributed by atoms with Crippen LogP contribution in [0.25, 0.3) is 0 Å². The van der Waals surface area contributed by atoms with E-state index in [1.165, 1.54) is 7.11 Å². The molecule has 29 heavy (non-hydrogen) atoms. The highest BCUT2D eigenvalue weighted by molar-refractivity contribution is 7.86. The number of rotatable bonds is 10. The SMILES string of the molecule is CCCCC(CC)OS(=O)(=O)c1cc(C(=O)c2ccc(C)cc2)c(O)cc1OC. The lowest BCUT2D eigenvalue weighted by molar-refractivity contribution is 0.103. The Bertz CT molecular complexity index is 948. The third-order valence-electron chi connectivity index (χ3n) is 4.71. The maximum Gasteiger partial charge on any atom is 0.300 e. The average Bonchev–Trinajstić information content (AvgIpc) is 2.70. The van der Waals surface area contributed by atoms with Crippen molar-refractivity contribution in [2.75, 3.05) is 7.11 Å². The summed E-state index contributed by atoms with van der Waals surface area (Å²) in [5, 5.41) is 10.3. The van der Waals surface area contributed by atoms with Crippen LogP contribution < -0.4 is 4.74 Å². The quantitative estimate of drug-likeness (QED) is 0.446. The van der Waals surface area contributed by atoms with E-state index in [9.17, 15) is 18.3 Å². The van der Waals surface area contributed by atoms with Gasteiger partial charge in [0.25, 0.3) is 0 Å². The Balaban J connectivity index is 2.47. The second kappa shape index (κ2) is 9.89. The highest BCUT2D eigenvalue weighted by Crippen LogP contribution is 2.34. The normalized spacial score (nSPS) is 12.6. The zero-order valence-corrected chi connectivity index (χ0v) is 18.1. The maximum absolute atomic E-state index is 12.9. The molecule has 0 amide bonds. The van der Waals surface area contributed by atoms with Crippen LogP contribution in [0.4, 0.5) is 0 Å². The molecule has 1 unspecified atom stereocenters. The molecule has 0 radical (unpaired) electrons. The topological polar surface area (TPSA) is 89.9 Å². The minimum Gasteiger partial charge on any atom is -0.507 e. The van der Waals surface area contributed by atoms with Crippen molar-refractivity contribution in [3.63, 3.8) is 0 Å². The van der Waals surface area contributed by atoms with E-state index in [4.69, 9.17) is 8.92 Å². The first-order chi connectivity index (χ1) is 13.7. The molecule has 1 N–H and O–H groups in total. The monoisotopic (exact) mass is 420 g/mol. The highest BCUT2D eigenvalue weighted by Gasteiger charge is 2.28. The Kier molecular flexibility index (Phi) is 7.81. The molecular formula is C22H28O6S. The van der Waals surface area contributed by atoms with Crippen LogP contribution in [-0.4, -0.2) is 32.5 Å². The Morgan fingerprint density at radius 1 is 1.14 bits per heavy atom. The van der Waals surface area contributed by atoms with E-state index in [0.717, 1.165) is 30.5 Å². The summed E-state index contributed by atoms with van der Waals surface area (Å²) < 4.78 is 36.4. The first-order valence-corrected chi connectivity index (χ1v) is 11.1. The molecule has 7 heteroatoms. The zero-order valence-electron chi connectivity index (χ0n) is 17.3. The molecule has 0 aliphatic carbocycles. The number of methoxy groups -OCH3 is 1. The smallest absolute Gasteiger partial charge is 0.300 e. The minimum atomic E-state index is -4.19. The van der Waals surface area contributed by atoms with Crippen molar-refractivity contribution in [1.82, 2.24) is 0 Å². The molecular weight excluding hydrogens is 392 g/mol. The molecule has 158 valence electrons. The molecule has 0 fully saturated rings. The molecule has 0 saturated heterocycles. The molecule has 0 bridgehead atoms. The van der Waals surface area contributed by atoms with Crippen molar-refractivity contribution in [3.8, 4) is 11.5 Å². The van der Waals surface area contributed by atoms with Crippen LogP contribution in [-0.2, 0) is 14.3 Å². The van der Waals surface area contributed by atoms with Gasteiger partial charge in [-0.15, -0.1) is 0 Å². The van der Waals surface area contributed by atoms with E-state index in [0.29, 0.717) is 18.4 Å². The summed E-state index contributed by atoms with van der Waals surface area (Å²) in [6, 6.07) is 9.05. The van der Waals surface area contributed by atoms with Crippen LogP contribution in [0.2, 0.25) is 0 Å². The van der Waals surface area contributed by atoms with E-state index in [1.54, 1.807) is 24.3 Å². The van der Waals surface area contributed by atoms with Crippen LogP contribution >= 0.6 is 0 Å². The van der Waals surface area contributed by atoms with Gasteiger partial charge >= 0.3 is 10.1 Å². The van der Waals surface area contributed by atoms with Crippen molar-refractivity contribution in [2.45, 2.75) is 57.5 Å². The fraction of sp³-hybridized carbons (Fsp3) is 0.409. The number of aryl methyl sites for hydroxylation is 1. The summed E-state index contributed by atoms with van der Waals surface area (Å²) in [6.07, 6.45) is 2.46. The number of carbonyl (C=O) groups excluding carboxylic acids is 1. The largest absolute Gasteiger partial charge is 0.507 e.